The van der Waals surface area contributed by atoms with Crippen molar-refractivity contribution in [3.8, 4) is 5.75 Å². The van der Waals surface area contributed by atoms with E-state index in [1.807, 2.05) is 6.07 Å². The van der Waals surface area contributed by atoms with Crippen molar-refractivity contribution in [1.82, 2.24) is 5.32 Å². The van der Waals surface area contributed by atoms with Crippen LogP contribution in [0, 0.1) is 0 Å². The first-order chi connectivity index (χ1) is 9.81. The fourth-order valence-corrected chi connectivity index (χ4v) is 6.03. The largest absolute Gasteiger partial charge is 0.496 e. The zero-order valence-corrected chi connectivity index (χ0v) is 14.2. The number of thioether (sulfide) groups is 2. The molecule has 0 radical (unpaired) electrons. The Hall–Kier alpha value is -0.320. The van der Waals surface area contributed by atoms with Gasteiger partial charge in [-0.05, 0) is 19.0 Å². The average molecular weight is 312 g/mol. The summed E-state index contributed by atoms with van der Waals surface area (Å²) in [5, 5.41) is 5.04. The van der Waals surface area contributed by atoms with Gasteiger partial charge in [0.15, 0.2) is 0 Å². The molecule has 1 saturated heterocycles. The molecular weight excluding hydrogens is 286 g/mol. The van der Waals surface area contributed by atoms with Crippen molar-refractivity contribution in [2.75, 3.05) is 25.2 Å². The molecule has 0 aromatic heterocycles. The highest BCUT2D eigenvalue weighted by atomic mass is 32.2. The van der Waals surface area contributed by atoms with Gasteiger partial charge in [-0.1, -0.05) is 32.0 Å². The van der Waals surface area contributed by atoms with E-state index in [-0.39, 0.29) is 0 Å². The highest BCUT2D eigenvalue weighted by molar-refractivity contribution is 8.07. The van der Waals surface area contributed by atoms with E-state index in [1.54, 1.807) is 7.11 Å². The Morgan fingerprint density at radius 3 is 2.70 bits per heavy atom. The summed E-state index contributed by atoms with van der Waals surface area (Å²) in [7, 11) is 1.77. The van der Waals surface area contributed by atoms with Crippen molar-refractivity contribution < 1.29 is 4.74 Å². The van der Waals surface area contributed by atoms with Gasteiger partial charge in [0, 0.05) is 33.6 Å². The summed E-state index contributed by atoms with van der Waals surface area (Å²) in [6.07, 6.45) is 1.24. The summed E-state index contributed by atoms with van der Waals surface area (Å²) in [6, 6.07) is 8.81. The van der Waals surface area contributed by atoms with E-state index < -0.39 is 0 Å². The fraction of sp³-hybridized carbons (Fsp3) is 0.625. The van der Waals surface area contributed by atoms with Gasteiger partial charge in [0.2, 0.25) is 0 Å². The van der Waals surface area contributed by atoms with Crippen molar-refractivity contribution in [3.05, 3.63) is 29.8 Å². The summed E-state index contributed by atoms with van der Waals surface area (Å²) in [4.78, 5) is 0. The van der Waals surface area contributed by atoms with Crippen LogP contribution in [0.4, 0.5) is 0 Å². The molecule has 1 aliphatic heterocycles. The monoisotopic (exact) mass is 311 g/mol. The Labute approximate surface area is 131 Å². The first kappa shape index (κ1) is 16.1. The number of rotatable bonds is 6. The fourth-order valence-electron chi connectivity index (χ4n) is 2.79. The van der Waals surface area contributed by atoms with Crippen LogP contribution in [0.5, 0.6) is 5.75 Å². The maximum atomic E-state index is 5.58. The first-order valence-corrected chi connectivity index (χ1v) is 9.51. The minimum atomic E-state index is 0.374. The standard InChI is InChI=1S/C16H25NOS2/c1-4-14-16(20-11-10-19-14)15(17-5-2)12-8-6-7-9-13(12)18-3/h6-9,14-17H,4-5,10-11H2,1-3H3. The van der Waals surface area contributed by atoms with Crippen LogP contribution in [-0.4, -0.2) is 35.7 Å². The molecule has 1 fully saturated rings. The van der Waals surface area contributed by atoms with Gasteiger partial charge < -0.3 is 10.1 Å². The summed E-state index contributed by atoms with van der Waals surface area (Å²) < 4.78 is 5.58. The zero-order valence-electron chi connectivity index (χ0n) is 12.6. The number of methoxy groups -OCH3 is 1. The third kappa shape index (κ3) is 3.66. The van der Waals surface area contributed by atoms with Crippen LogP contribution >= 0.6 is 23.5 Å². The number of benzene rings is 1. The summed E-state index contributed by atoms with van der Waals surface area (Å²) >= 11 is 4.25. The number of nitrogens with one attached hydrogen (secondary N) is 1. The smallest absolute Gasteiger partial charge is 0.123 e. The van der Waals surface area contributed by atoms with Crippen molar-refractivity contribution >= 4 is 23.5 Å². The third-order valence-corrected chi connectivity index (χ3v) is 7.07. The molecule has 1 aliphatic rings. The number of hydrogen-bond donors (Lipinski definition) is 1. The van der Waals surface area contributed by atoms with E-state index in [0.717, 1.165) is 17.5 Å². The summed E-state index contributed by atoms with van der Waals surface area (Å²) in [6.45, 7) is 5.48. The maximum absolute atomic E-state index is 5.58. The van der Waals surface area contributed by atoms with E-state index in [1.165, 1.54) is 23.5 Å². The average Bonchev–Trinajstić information content (AvgIpc) is 2.52. The van der Waals surface area contributed by atoms with Crippen LogP contribution in [0.25, 0.3) is 0 Å². The molecule has 20 heavy (non-hydrogen) atoms. The third-order valence-electron chi connectivity index (χ3n) is 3.72. The highest BCUT2D eigenvalue weighted by Gasteiger charge is 2.33. The Morgan fingerprint density at radius 2 is 2.00 bits per heavy atom. The maximum Gasteiger partial charge on any atom is 0.123 e. The van der Waals surface area contributed by atoms with Crippen molar-refractivity contribution in [1.29, 1.82) is 0 Å². The van der Waals surface area contributed by atoms with Crippen molar-refractivity contribution in [3.63, 3.8) is 0 Å². The van der Waals surface area contributed by atoms with Gasteiger partial charge in [0.1, 0.15) is 5.75 Å². The van der Waals surface area contributed by atoms with E-state index in [9.17, 15) is 0 Å². The highest BCUT2D eigenvalue weighted by Crippen LogP contribution is 2.42. The predicted molar refractivity (Wildman–Crippen MR) is 92.2 cm³/mol. The molecule has 0 saturated carbocycles. The molecule has 0 bridgehead atoms. The second kappa shape index (κ2) is 8.20. The van der Waals surface area contributed by atoms with Crippen molar-refractivity contribution in [2.45, 2.75) is 36.8 Å². The lowest BCUT2D eigenvalue weighted by molar-refractivity contribution is 0.396. The molecule has 1 heterocycles. The minimum absolute atomic E-state index is 0.374. The van der Waals surface area contributed by atoms with E-state index in [4.69, 9.17) is 4.74 Å². The molecule has 0 spiro atoms. The van der Waals surface area contributed by atoms with Crippen LogP contribution in [-0.2, 0) is 0 Å². The molecule has 3 atom stereocenters. The molecular formula is C16H25NOS2. The quantitative estimate of drug-likeness (QED) is 0.857. The molecule has 2 rings (SSSR count). The molecule has 112 valence electrons. The molecule has 1 N–H and O–H groups in total. The Bertz CT molecular complexity index is 413. The van der Waals surface area contributed by atoms with Crippen LogP contribution in [0.15, 0.2) is 24.3 Å². The Balaban J connectivity index is 2.29. The molecule has 1 aromatic carbocycles. The van der Waals surface area contributed by atoms with Gasteiger partial charge in [0.05, 0.1) is 7.11 Å². The number of hydrogen-bond acceptors (Lipinski definition) is 4. The van der Waals surface area contributed by atoms with Gasteiger partial charge in [-0.15, -0.1) is 0 Å². The predicted octanol–water partition coefficient (Wildman–Crippen LogP) is 3.97. The van der Waals surface area contributed by atoms with Crippen molar-refractivity contribution in [2.24, 2.45) is 0 Å². The van der Waals surface area contributed by atoms with Gasteiger partial charge in [0.25, 0.3) is 0 Å². The van der Waals surface area contributed by atoms with Gasteiger partial charge in [-0.2, -0.15) is 23.5 Å². The number of para-hydroxylation sites is 1. The molecule has 1 aromatic rings. The summed E-state index contributed by atoms with van der Waals surface area (Å²) in [5.41, 5.74) is 1.30. The topological polar surface area (TPSA) is 21.3 Å². The van der Waals surface area contributed by atoms with Gasteiger partial charge in [-0.3, -0.25) is 0 Å². The normalized spacial score (nSPS) is 24.4. The minimum Gasteiger partial charge on any atom is -0.496 e. The van der Waals surface area contributed by atoms with E-state index in [2.05, 4.69) is 60.9 Å². The molecule has 2 nitrogen and oxygen atoms in total. The van der Waals surface area contributed by atoms with Gasteiger partial charge in [-0.25, -0.2) is 0 Å². The second-order valence-electron chi connectivity index (χ2n) is 4.93. The molecule has 4 heteroatoms. The second-order valence-corrected chi connectivity index (χ2v) is 7.56. The summed E-state index contributed by atoms with van der Waals surface area (Å²) in [5.74, 6) is 3.54. The van der Waals surface area contributed by atoms with Crippen LogP contribution in [0.3, 0.4) is 0 Å². The first-order valence-electron chi connectivity index (χ1n) is 7.41. The molecule has 0 amide bonds. The zero-order chi connectivity index (χ0) is 14.4. The van der Waals surface area contributed by atoms with Crippen LogP contribution < -0.4 is 10.1 Å². The Morgan fingerprint density at radius 1 is 1.25 bits per heavy atom. The lowest BCUT2D eigenvalue weighted by Gasteiger charge is -2.37. The lowest BCUT2D eigenvalue weighted by atomic mass is 9.99. The Kier molecular flexibility index (Phi) is 6.59. The van der Waals surface area contributed by atoms with E-state index in [0.29, 0.717) is 11.3 Å². The lowest BCUT2D eigenvalue weighted by Crippen LogP contribution is -2.38. The van der Waals surface area contributed by atoms with Crippen LogP contribution in [0.2, 0.25) is 0 Å². The SMILES string of the molecule is CCNC(c1ccccc1OC)C1SCCSC1CC. The van der Waals surface area contributed by atoms with Gasteiger partial charge >= 0.3 is 0 Å². The van der Waals surface area contributed by atoms with E-state index >= 15 is 0 Å². The van der Waals surface area contributed by atoms with Crippen LogP contribution in [0.1, 0.15) is 31.9 Å². The molecule has 3 unspecified atom stereocenters. The molecule has 0 aliphatic carbocycles. The number of ether oxygens (including phenoxy) is 1.